The Bertz CT molecular complexity index is 1170. The maximum absolute atomic E-state index is 14.6. The Kier molecular flexibility index (Phi) is 8.36. The van der Waals surface area contributed by atoms with Crippen LogP contribution in [0.3, 0.4) is 0 Å². The molecule has 1 aromatic heterocycles. The number of halogens is 1. The predicted molar refractivity (Wildman–Crippen MR) is 131 cm³/mol. The number of hydrogen-bond acceptors (Lipinski definition) is 7. The lowest BCUT2D eigenvalue weighted by Gasteiger charge is -2.31. The van der Waals surface area contributed by atoms with Crippen LogP contribution in [0.25, 0.3) is 0 Å². The maximum Gasteiger partial charge on any atom is 0.337 e. The zero-order valence-corrected chi connectivity index (χ0v) is 20.8. The molecule has 2 heterocycles. The highest BCUT2D eigenvalue weighted by atomic mass is 19.1. The van der Waals surface area contributed by atoms with Gasteiger partial charge in [0.15, 0.2) is 0 Å². The van der Waals surface area contributed by atoms with Gasteiger partial charge in [-0.3, -0.25) is 19.3 Å². The number of pyridine rings is 1. The Morgan fingerprint density at radius 2 is 1.89 bits per heavy atom. The fourth-order valence-corrected chi connectivity index (χ4v) is 3.87. The fourth-order valence-electron chi connectivity index (χ4n) is 3.87. The summed E-state index contributed by atoms with van der Waals surface area (Å²) in [5, 5.41) is 8.10. The monoisotopic (exact) mass is 499 g/mol. The molecule has 3 atom stereocenters. The second-order valence-electron chi connectivity index (χ2n) is 8.83. The minimum atomic E-state index is -1.03. The normalized spacial score (nSPS) is 16.2. The van der Waals surface area contributed by atoms with E-state index in [2.05, 4.69) is 25.7 Å². The van der Waals surface area contributed by atoms with Crippen LogP contribution in [0.2, 0.25) is 0 Å². The summed E-state index contributed by atoms with van der Waals surface area (Å²) in [5.74, 6) is -3.01. The van der Waals surface area contributed by atoms with E-state index in [0.29, 0.717) is 11.4 Å². The summed E-state index contributed by atoms with van der Waals surface area (Å²) in [6.45, 7) is 5.24. The van der Waals surface area contributed by atoms with E-state index in [0.717, 1.165) is 6.07 Å². The highest BCUT2D eigenvalue weighted by molar-refractivity contribution is 6.09. The number of carbonyl (C=O) groups excluding carboxylic acids is 4. The molecule has 36 heavy (non-hydrogen) atoms. The summed E-state index contributed by atoms with van der Waals surface area (Å²) in [6, 6.07) is 4.51. The van der Waals surface area contributed by atoms with Gasteiger partial charge in [0.2, 0.25) is 11.8 Å². The van der Waals surface area contributed by atoms with Gasteiger partial charge in [-0.2, -0.15) is 0 Å². The molecule has 192 valence electrons. The standard InChI is InChI=1S/C25H30FN5O5/c1-13(2)20(30-22(32)14(3)27-4)24(34)31-19(12-15-7-6-10-28-21(15)31)23(33)29-18-9-8-16(11-17(18)26)25(35)36-5/h6-11,13-14,19-20,27H,12H2,1-5H3,(H,29,33)(H,30,32)/t14-,19?,20?/m0/s1. The second-order valence-corrected chi connectivity index (χ2v) is 8.83. The predicted octanol–water partition coefficient (Wildman–Crippen LogP) is 1.65. The van der Waals surface area contributed by atoms with Gasteiger partial charge in [-0.1, -0.05) is 19.9 Å². The van der Waals surface area contributed by atoms with E-state index in [-0.39, 0.29) is 29.5 Å². The molecule has 0 fully saturated rings. The molecular formula is C25H30FN5O5. The van der Waals surface area contributed by atoms with Crippen LogP contribution in [0.15, 0.2) is 36.5 Å². The van der Waals surface area contributed by atoms with Crippen LogP contribution in [0, 0.1) is 11.7 Å². The number of methoxy groups -OCH3 is 1. The van der Waals surface area contributed by atoms with E-state index in [1.807, 2.05) is 0 Å². The molecule has 10 nitrogen and oxygen atoms in total. The Labute approximate surface area is 208 Å². The summed E-state index contributed by atoms with van der Waals surface area (Å²) in [4.78, 5) is 56.8. The lowest BCUT2D eigenvalue weighted by atomic mass is 10.0. The summed E-state index contributed by atoms with van der Waals surface area (Å²) in [5.41, 5.74) is 0.513. The highest BCUT2D eigenvalue weighted by Crippen LogP contribution is 2.32. The number of benzene rings is 1. The number of ether oxygens (including phenoxy) is 1. The zero-order chi connectivity index (χ0) is 26.6. The van der Waals surface area contributed by atoms with Crippen molar-refractivity contribution in [3.05, 3.63) is 53.5 Å². The molecule has 1 aromatic carbocycles. The van der Waals surface area contributed by atoms with Gasteiger partial charge in [-0.05, 0) is 49.7 Å². The lowest BCUT2D eigenvalue weighted by molar-refractivity contribution is -0.130. The van der Waals surface area contributed by atoms with Crippen LogP contribution >= 0.6 is 0 Å². The molecule has 3 N–H and O–H groups in total. The minimum absolute atomic E-state index is 0.00594. The molecule has 0 bridgehead atoms. The Hall–Kier alpha value is -3.86. The van der Waals surface area contributed by atoms with Gasteiger partial charge in [0, 0.05) is 12.6 Å². The molecule has 3 amide bonds. The molecule has 1 aliphatic heterocycles. The highest BCUT2D eigenvalue weighted by Gasteiger charge is 2.43. The number of nitrogens with zero attached hydrogens (tertiary/aromatic N) is 2. The van der Waals surface area contributed by atoms with Gasteiger partial charge in [-0.15, -0.1) is 0 Å². The van der Waals surface area contributed by atoms with E-state index >= 15 is 0 Å². The van der Waals surface area contributed by atoms with E-state index in [4.69, 9.17) is 0 Å². The van der Waals surface area contributed by atoms with Crippen molar-refractivity contribution in [1.29, 1.82) is 0 Å². The zero-order valence-electron chi connectivity index (χ0n) is 20.8. The molecule has 2 aromatic rings. The molecule has 1 aliphatic rings. The third kappa shape index (κ3) is 5.51. The largest absolute Gasteiger partial charge is 0.465 e. The van der Waals surface area contributed by atoms with Crippen molar-refractivity contribution in [2.24, 2.45) is 5.92 Å². The van der Waals surface area contributed by atoms with Crippen LogP contribution in [-0.4, -0.2) is 61.0 Å². The molecule has 0 spiro atoms. The topological polar surface area (TPSA) is 130 Å². The van der Waals surface area contributed by atoms with Gasteiger partial charge in [0.1, 0.15) is 23.7 Å². The van der Waals surface area contributed by atoms with Crippen molar-refractivity contribution in [3.63, 3.8) is 0 Å². The Morgan fingerprint density at radius 1 is 1.17 bits per heavy atom. The van der Waals surface area contributed by atoms with Crippen LogP contribution in [0.1, 0.15) is 36.7 Å². The van der Waals surface area contributed by atoms with Gasteiger partial charge in [0.05, 0.1) is 24.4 Å². The Morgan fingerprint density at radius 3 is 2.50 bits per heavy atom. The average molecular weight is 500 g/mol. The second kappa shape index (κ2) is 11.3. The SMILES string of the molecule is CN[C@@H](C)C(=O)NC(C(=O)N1c2ncccc2CC1C(=O)Nc1ccc(C(=O)OC)cc1F)C(C)C. The number of amides is 3. The molecule has 0 radical (unpaired) electrons. The number of fused-ring (bicyclic) bond motifs is 1. The summed E-state index contributed by atoms with van der Waals surface area (Å²) in [6.07, 6.45) is 1.67. The van der Waals surface area contributed by atoms with Crippen molar-refractivity contribution in [1.82, 2.24) is 15.6 Å². The average Bonchev–Trinajstić information content (AvgIpc) is 3.26. The number of esters is 1. The molecule has 11 heteroatoms. The van der Waals surface area contributed by atoms with Gasteiger partial charge >= 0.3 is 5.97 Å². The molecule has 0 saturated heterocycles. The fraction of sp³-hybridized carbons (Fsp3) is 0.400. The van der Waals surface area contributed by atoms with E-state index in [1.54, 1.807) is 40.0 Å². The van der Waals surface area contributed by atoms with Gasteiger partial charge in [0.25, 0.3) is 5.91 Å². The number of carbonyl (C=O) groups is 4. The van der Waals surface area contributed by atoms with E-state index < -0.39 is 41.7 Å². The first kappa shape index (κ1) is 26.7. The van der Waals surface area contributed by atoms with E-state index in [1.165, 1.54) is 30.3 Å². The number of nitrogens with one attached hydrogen (secondary N) is 3. The number of hydrogen-bond donors (Lipinski definition) is 3. The minimum Gasteiger partial charge on any atom is -0.465 e. The quantitative estimate of drug-likeness (QED) is 0.471. The number of likely N-dealkylation sites (N-methyl/N-ethyl adjacent to an activating group) is 1. The van der Waals surface area contributed by atoms with Crippen LogP contribution in [-0.2, 0) is 25.5 Å². The first-order chi connectivity index (χ1) is 17.1. The van der Waals surface area contributed by atoms with Crippen molar-refractivity contribution in [2.45, 2.75) is 45.3 Å². The summed E-state index contributed by atoms with van der Waals surface area (Å²) < 4.78 is 19.2. The smallest absolute Gasteiger partial charge is 0.337 e. The first-order valence-electron chi connectivity index (χ1n) is 11.5. The van der Waals surface area contributed by atoms with Crippen molar-refractivity contribution < 1.29 is 28.3 Å². The molecular weight excluding hydrogens is 469 g/mol. The molecule has 3 rings (SSSR count). The van der Waals surface area contributed by atoms with Crippen LogP contribution in [0.4, 0.5) is 15.9 Å². The number of rotatable bonds is 8. The third-order valence-corrected chi connectivity index (χ3v) is 6.07. The van der Waals surface area contributed by atoms with Crippen molar-refractivity contribution in [2.75, 3.05) is 24.4 Å². The Balaban J connectivity index is 1.90. The molecule has 0 saturated carbocycles. The molecule has 2 unspecified atom stereocenters. The van der Waals surface area contributed by atoms with Crippen LogP contribution in [0.5, 0.6) is 0 Å². The van der Waals surface area contributed by atoms with Crippen molar-refractivity contribution in [3.8, 4) is 0 Å². The lowest BCUT2D eigenvalue weighted by Crippen LogP contribution is -2.57. The molecule has 0 aliphatic carbocycles. The summed E-state index contributed by atoms with van der Waals surface area (Å²) in [7, 11) is 2.81. The van der Waals surface area contributed by atoms with Gasteiger partial charge in [-0.25, -0.2) is 14.2 Å². The first-order valence-corrected chi connectivity index (χ1v) is 11.5. The van der Waals surface area contributed by atoms with E-state index in [9.17, 15) is 23.6 Å². The number of anilines is 2. The summed E-state index contributed by atoms with van der Waals surface area (Å²) >= 11 is 0. The van der Waals surface area contributed by atoms with Crippen LogP contribution < -0.4 is 20.9 Å². The third-order valence-electron chi connectivity index (χ3n) is 6.07. The van der Waals surface area contributed by atoms with Crippen molar-refractivity contribution >= 4 is 35.2 Å². The maximum atomic E-state index is 14.6. The van der Waals surface area contributed by atoms with Gasteiger partial charge < -0.3 is 20.7 Å². The number of aromatic nitrogens is 1.